The van der Waals surface area contributed by atoms with E-state index in [1.807, 2.05) is 0 Å². The van der Waals surface area contributed by atoms with Crippen LogP contribution in [0.2, 0.25) is 0 Å². The number of amides is 1. The van der Waals surface area contributed by atoms with E-state index < -0.39 is 0 Å². The van der Waals surface area contributed by atoms with Crippen LogP contribution in [0.5, 0.6) is 0 Å². The molecule has 1 unspecified atom stereocenters. The van der Waals surface area contributed by atoms with E-state index in [1.165, 1.54) is 6.92 Å². The van der Waals surface area contributed by atoms with Crippen molar-refractivity contribution in [3.05, 3.63) is 0 Å². The van der Waals surface area contributed by atoms with Crippen molar-refractivity contribution in [3.63, 3.8) is 0 Å². The van der Waals surface area contributed by atoms with Gasteiger partial charge in [0.2, 0.25) is 5.91 Å². The number of nitrogens with one attached hydrogen (secondary N) is 1. The van der Waals surface area contributed by atoms with Crippen LogP contribution in [0.25, 0.3) is 0 Å². The molecule has 0 aromatic rings. The summed E-state index contributed by atoms with van der Waals surface area (Å²) < 4.78 is 5.41. The highest BCUT2D eigenvalue weighted by atomic mass is 16.5. The number of carbonyl (C=O) groups excluding carboxylic acids is 2. The first kappa shape index (κ1) is 11.2. The Labute approximate surface area is 84.0 Å². The smallest absolute Gasteiger partial charge is 0.222 e. The van der Waals surface area contributed by atoms with Crippen molar-refractivity contribution >= 4 is 11.7 Å². The second-order valence-electron chi connectivity index (χ2n) is 3.67. The predicted molar refractivity (Wildman–Crippen MR) is 51.9 cm³/mol. The summed E-state index contributed by atoms with van der Waals surface area (Å²) in [7, 11) is 0. The first-order valence-corrected chi connectivity index (χ1v) is 5.06. The van der Waals surface area contributed by atoms with Crippen LogP contribution in [0.1, 0.15) is 32.6 Å². The van der Waals surface area contributed by atoms with Gasteiger partial charge in [-0.2, -0.15) is 0 Å². The molecule has 1 amide bonds. The zero-order chi connectivity index (χ0) is 10.4. The Balaban J connectivity index is 2.15. The molecule has 0 saturated carbocycles. The quantitative estimate of drug-likeness (QED) is 0.723. The molecule has 1 aliphatic heterocycles. The lowest BCUT2D eigenvalue weighted by atomic mass is 10.1. The van der Waals surface area contributed by atoms with Crippen molar-refractivity contribution in [2.45, 2.75) is 38.7 Å². The van der Waals surface area contributed by atoms with Gasteiger partial charge < -0.3 is 10.1 Å². The normalized spacial score (nSPS) is 21.6. The minimum atomic E-state index is -0.0906. The minimum Gasteiger partial charge on any atom is -0.378 e. The molecule has 1 fully saturated rings. The molecule has 0 aromatic heterocycles. The number of rotatable bonds is 4. The molecule has 4 nitrogen and oxygen atoms in total. The zero-order valence-electron chi connectivity index (χ0n) is 8.54. The van der Waals surface area contributed by atoms with E-state index in [9.17, 15) is 9.59 Å². The number of hydrogen-bond donors (Lipinski definition) is 1. The Bertz CT molecular complexity index is 209. The fraction of sp³-hybridized carbons (Fsp3) is 0.800. The Morgan fingerprint density at radius 3 is 2.79 bits per heavy atom. The van der Waals surface area contributed by atoms with Crippen molar-refractivity contribution in [1.29, 1.82) is 0 Å². The second kappa shape index (κ2) is 5.75. The Hall–Kier alpha value is -0.900. The molecule has 1 heterocycles. The molecule has 0 aromatic carbocycles. The summed E-state index contributed by atoms with van der Waals surface area (Å²) in [4.78, 5) is 21.9. The predicted octanol–water partition coefficient (Wildman–Crippen LogP) is 0.651. The van der Waals surface area contributed by atoms with Crippen molar-refractivity contribution < 1.29 is 14.3 Å². The number of ketones is 1. The monoisotopic (exact) mass is 199 g/mol. The van der Waals surface area contributed by atoms with Crippen LogP contribution in [-0.4, -0.2) is 30.9 Å². The van der Waals surface area contributed by atoms with Gasteiger partial charge in [0.05, 0.1) is 19.1 Å². The van der Waals surface area contributed by atoms with Gasteiger partial charge in [0.25, 0.3) is 0 Å². The maximum Gasteiger partial charge on any atom is 0.222 e. The molecule has 80 valence electrons. The molecule has 0 aliphatic carbocycles. The highest BCUT2D eigenvalue weighted by molar-refractivity contribution is 5.84. The molecule has 0 radical (unpaired) electrons. The third kappa shape index (κ3) is 4.37. The molecule has 14 heavy (non-hydrogen) atoms. The van der Waals surface area contributed by atoms with Gasteiger partial charge in [-0.25, -0.2) is 0 Å². The van der Waals surface area contributed by atoms with E-state index in [0.717, 1.165) is 25.9 Å². The van der Waals surface area contributed by atoms with Gasteiger partial charge in [0, 0.05) is 6.61 Å². The summed E-state index contributed by atoms with van der Waals surface area (Å²) in [6.45, 7) is 2.34. The van der Waals surface area contributed by atoms with E-state index in [4.69, 9.17) is 4.74 Å². The van der Waals surface area contributed by atoms with Gasteiger partial charge in [-0.3, -0.25) is 9.59 Å². The molecule has 4 heteroatoms. The molecule has 1 rings (SSSR count). The fourth-order valence-electron chi connectivity index (χ4n) is 1.47. The number of hydrogen-bond acceptors (Lipinski definition) is 3. The lowest BCUT2D eigenvalue weighted by molar-refractivity contribution is -0.127. The van der Waals surface area contributed by atoms with Crippen molar-refractivity contribution in [2.75, 3.05) is 13.2 Å². The van der Waals surface area contributed by atoms with Crippen LogP contribution in [0.15, 0.2) is 0 Å². The summed E-state index contributed by atoms with van der Waals surface area (Å²) in [6.07, 6.45) is 3.60. The Morgan fingerprint density at radius 1 is 1.43 bits per heavy atom. The summed E-state index contributed by atoms with van der Waals surface area (Å²) in [6, 6.07) is 0. The summed E-state index contributed by atoms with van der Waals surface area (Å²) in [5.41, 5.74) is 0. The minimum absolute atomic E-state index is 0.0251. The van der Waals surface area contributed by atoms with Crippen molar-refractivity contribution in [1.82, 2.24) is 5.32 Å². The highest BCUT2D eigenvalue weighted by Gasteiger charge is 2.17. The molecule has 0 spiro atoms. The molecule has 1 atom stereocenters. The van der Waals surface area contributed by atoms with Gasteiger partial charge in [-0.1, -0.05) is 0 Å². The maximum absolute atomic E-state index is 11.3. The number of carbonyl (C=O) groups is 2. The number of ether oxygens (including phenoxy) is 1. The summed E-state index contributed by atoms with van der Waals surface area (Å²) in [5, 5.41) is 2.56. The van der Waals surface area contributed by atoms with E-state index >= 15 is 0 Å². The van der Waals surface area contributed by atoms with E-state index in [2.05, 4.69) is 5.32 Å². The van der Waals surface area contributed by atoms with Gasteiger partial charge in [0.15, 0.2) is 0 Å². The maximum atomic E-state index is 11.3. The molecule has 0 bridgehead atoms. The van der Waals surface area contributed by atoms with Crippen molar-refractivity contribution in [3.8, 4) is 0 Å². The van der Waals surface area contributed by atoms with Gasteiger partial charge in [-0.05, 0) is 26.2 Å². The SMILES string of the molecule is CC(=O)CNC(=O)CC1CCCCO1. The molecular formula is C10H17NO3. The van der Waals surface area contributed by atoms with Gasteiger partial charge >= 0.3 is 0 Å². The van der Waals surface area contributed by atoms with Crippen LogP contribution in [0.4, 0.5) is 0 Å². The largest absolute Gasteiger partial charge is 0.378 e. The summed E-state index contributed by atoms with van der Waals surface area (Å²) in [5.74, 6) is -0.116. The standard InChI is InChI=1S/C10H17NO3/c1-8(12)7-11-10(13)6-9-4-2-3-5-14-9/h9H,2-7H2,1H3,(H,11,13). The van der Waals surface area contributed by atoms with E-state index in [0.29, 0.717) is 6.42 Å². The number of Topliss-reactive ketones (excluding diaryl/α,β-unsaturated/α-hetero) is 1. The Kier molecular flexibility index (Phi) is 4.59. The van der Waals surface area contributed by atoms with Crippen LogP contribution in [0, 0.1) is 0 Å². The van der Waals surface area contributed by atoms with Crippen LogP contribution in [-0.2, 0) is 14.3 Å². The lowest BCUT2D eigenvalue weighted by Crippen LogP contribution is -2.33. The van der Waals surface area contributed by atoms with Gasteiger partial charge in [0.1, 0.15) is 5.78 Å². The van der Waals surface area contributed by atoms with Crippen LogP contribution in [0.3, 0.4) is 0 Å². The Morgan fingerprint density at radius 2 is 2.21 bits per heavy atom. The molecule has 1 aliphatic rings. The fourth-order valence-corrected chi connectivity index (χ4v) is 1.47. The van der Waals surface area contributed by atoms with Crippen LogP contribution >= 0.6 is 0 Å². The average molecular weight is 199 g/mol. The molecular weight excluding hydrogens is 182 g/mol. The second-order valence-corrected chi connectivity index (χ2v) is 3.67. The topological polar surface area (TPSA) is 55.4 Å². The first-order valence-electron chi connectivity index (χ1n) is 5.06. The first-order chi connectivity index (χ1) is 6.68. The molecule has 1 N–H and O–H groups in total. The zero-order valence-corrected chi connectivity index (χ0v) is 8.54. The lowest BCUT2D eigenvalue weighted by Gasteiger charge is -2.21. The summed E-state index contributed by atoms with van der Waals surface area (Å²) >= 11 is 0. The molecule has 1 saturated heterocycles. The highest BCUT2D eigenvalue weighted by Crippen LogP contribution is 2.15. The van der Waals surface area contributed by atoms with E-state index in [-0.39, 0.29) is 24.3 Å². The van der Waals surface area contributed by atoms with E-state index in [1.54, 1.807) is 0 Å². The van der Waals surface area contributed by atoms with Gasteiger partial charge in [-0.15, -0.1) is 0 Å². The third-order valence-electron chi connectivity index (χ3n) is 2.22. The van der Waals surface area contributed by atoms with Crippen molar-refractivity contribution in [2.24, 2.45) is 0 Å². The third-order valence-corrected chi connectivity index (χ3v) is 2.22. The van der Waals surface area contributed by atoms with Crippen LogP contribution < -0.4 is 5.32 Å². The average Bonchev–Trinajstić information content (AvgIpc) is 2.16.